The van der Waals surface area contributed by atoms with Crippen LogP contribution in [0.25, 0.3) is 16.7 Å². The summed E-state index contributed by atoms with van der Waals surface area (Å²) in [5.41, 5.74) is 8.50. The monoisotopic (exact) mass is 427 g/mol. The zero-order chi connectivity index (χ0) is 21.8. The number of rotatable bonds is 8. The van der Waals surface area contributed by atoms with Gasteiger partial charge in [-0.2, -0.15) is 0 Å². The van der Waals surface area contributed by atoms with Gasteiger partial charge in [0.2, 0.25) is 0 Å². The zero-order valence-electron chi connectivity index (χ0n) is 19.3. The molecule has 0 aromatic heterocycles. The molecule has 0 bridgehead atoms. The number of hydrogen-bond donors (Lipinski definition) is 1. The van der Waals surface area contributed by atoms with E-state index in [9.17, 15) is 4.79 Å². The van der Waals surface area contributed by atoms with E-state index >= 15 is 0 Å². The van der Waals surface area contributed by atoms with E-state index < -0.39 is 0 Å². The molecule has 0 saturated heterocycles. The molecule has 0 atom stereocenters. The van der Waals surface area contributed by atoms with Gasteiger partial charge < -0.3 is 10.1 Å². The Morgan fingerprint density at radius 1 is 0.844 bits per heavy atom. The van der Waals surface area contributed by atoms with E-state index in [4.69, 9.17) is 0 Å². The molecule has 0 unspecified atom stereocenters. The van der Waals surface area contributed by atoms with E-state index in [1.54, 1.807) is 11.1 Å². The van der Waals surface area contributed by atoms with Crippen LogP contribution in [0.4, 0.5) is 5.69 Å². The summed E-state index contributed by atoms with van der Waals surface area (Å²) in [4.78, 5) is 11.1. The van der Waals surface area contributed by atoms with E-state index in [1.165, 1.54) is 86.5 Å². The summed E-state index contributed by atoms with van der Waals surface area (Å²) in [7, 11) is 0. The van der Waals surface area contributed by atoms with Crippen LogP contribution in [0, 0.1) is 17.8 Å². The number of aldehydes is 1. The van der Waals surface area contributed by atoms with Gasteiger partial charge in [0.15, 0.2) is 0 Å². The summed E-state index contributed by atoms with van der Waals surface area (Å²) in [5, 5.41) is 3.67. The average molecular weight is 428 g/mol. The first kappa shape index (κ1) is 21.5. The van der Waals surface area contributed by atoms with Gasteiger partial charge in [-0.25, -0.2) is 0 Å². The van der Waals surface area contributed by atoms with Crippen LogP contribution in [0.2, 0.25) is 0 Å². The molecule has 0 amide bonds. The molecule has 2 heteroatoms. The number of carbonyl (C=O) groups is 1. The third-order valence-electron chi connectivity index (χ3n) is 8.00. The Morgan fingerprint density at radius 2 is 1.59 bits per heavy atom. The molecular weight excluding hydrogens is 390 g/mol. The van der Waals surface area contributed by atoms with Gasteiger partial charge in [0.25, 0.3) is 0 Å². The zero-order valence-corrected chi connectivity index (χ0v) is 19.3. The van der Waals surface area contributed by atoms with Gasteiger partial charge in [0, 0.05) is 18.2 Å². The standard InChI is InChI=1S/C30H37NO/c32-21-24-10-8-22(9-11-24)18-30(27-16-17-27)26-14-12-25(13-15-26)28-6-3-7-29(19-28)31-20-23-4-1-2-5-23/h3,6-7,12-15,19,21-24,31H,1-2,4-5,8-11,16-18,20H2. The quantitative estimate of drug-likeness (QED) is 0.434. The Morgan fingerprint density at radius 3 is 2.28 bits per heavy atom. The first-order chi connectivity index (χ1) is 15.8. The van der Waals surface area contributed by atoms with Crippen molar-refractivity contribution in [1.29, 1.82) is 0 Å². The molecule has 3 aliphatic rings. The highest BCUT2D eigenvalue weighted by Crippen LogP contribution is 2.43. The predicted molar refractivity (Wildman–Crippen MR) is 135 cm³/mol. The van der Waals surface area contributed by atoms with Crippen molar-refractivity contribution in [3.8, 4) is 11.1 Å². The highest BCUT2D eigenvalue weighted by Gasteiger charge is 2.25. The van der Waals surface area contributed by atoms with Gasteiger partial charge in [0.05, 0.1) is 0 Å². The van der Waals surface area contributed by atoms with Crippen LogP contribution in [-0.2, 0) is 4.79 Å². The summed E-state index contributed by atoms with van der Waals surface area (Å²) in [5.74, 6) is 1.91. The van der Waals surface area contributed by atoms with Gasteiger partial charge in [-0.15, -0.1) is 0 Å². The first-order valence-corrected chi connectivity index (χ1v) is 12.9. The molecule has 0 heterocycles. The lowest BCUT2D eigenvalue weighted by Gasteiger charge is -2.26. The van der Waals surface area contributed by atoms with Gasteiger partial charge in [-0.1, -0.05) is 54.8 Å². The minimum absolute atomic E-state index is 0.311. The van der Waals surface area contributed by atoms with E-state index in [-0.39, 0.29) is 0 Å². The fourth-order valence-corrected chi connectivity index (χ4v) is 5.80. The highest BCUT2D eigenvalue weighted by atomic mass is 16.1. The normalized spacial score (nSPS) is 23.2. The fourth-order valence-electron chi connectivity index (χ4n) is 5.80. The van der Waals surface area contributed by atoms with Crippen LogP contribution in [0.15, 0.2) is 54.1 Å². The van der Waals surface area contributed by atoms with Gasteiger partial charge in [0.1, 0.15) is 6.29 Å². The Bertz CT molecular complexity index is 937. The van der Waals surface area contributed by atoms with Gasteiger partial charge in [-0.3, -0.25) is 0 Å². The number of hydrogen-bond acceptors (Lipinski definition) is 2. The van der Waals surface area contributed by atoms with Gasteiger partial charge in [-0.05, 0) is 104 Å². The summed E-state index contributed by atoms with van der Waals surface area (Å²) in [6, 6.07) is 18.2. The number of allylic oxidation sites excluding steroid dienone is 2. The molecule has 0 radical (unpaired) electrons. The molecule has 3 aliphatic carbocycles. The maximum atomic E-state index is 11.1. The topological polar surface area (TPSA) is 29.1 Å². The molecule has 0 spiro atoms. The van der Waals surface area contributed by atoms with Crippen molar-refractivity contribution in [2.75, 3.05) is 11.9 Å². The van der Waals surface area contributed by atoms with Crippen molar-refractivity contribution in [2.45, 2.75) is 70.6 Å². The lowest BCUT2D eigenvalue weighted by atomic mass is 9.78. The summed E-state index contributed by atoms with van der Waals surface area (Å²) in [6.45, 7) is 1.11. The van der Waals surface area contributed by atoms with Crippen LogP contribution in [-0.4, -0.2) is 12.8 Å². The fraction of sp³-hybridized carbons (Fsp3) is 0.500. The van der Waals surface area contributed by atoms with Gasteiger partial charge >= 0.3 is 0 Å². The van der Waals surface area contributed by atoms with E-state index in [0.29, 0.717) is 5.92 Å². The summed E-state index contributed by atoms with van der Waals surface area (Å²) >= 11 is 0. The van der Waals surface area contributed by atoms with Crippen molar-refractivity contribution in [3.05, 3.63) is 59.7 Å². The molecule has 0 aliphatic heterocycles. The number of nitrogens with one attached hydrogen (secondary N) is 1. The second-order valence-corrected chi connectivity index (χ2v) is 10.4. The second-order valence-electron chi connectivity index (χ2n) is 10.4. The van der Waals surface area contributed by atoms with Crippen molar-refractivity contribution < 1.29 is 4.79 Å². The Labute approximate surface area is 193 Å². The molecule has 2 nitrogen and oxygen atoms in total. The molecule has 5 rings (SSSR count). The van der Waals surface area contributed by atoms with E-state index in [0.717, 1.165) is 31.2 Å². The molecule has 1 N–H and O–H groups in total. The molecule has 168 valence electrons. The number of anilines is 1. The molecule has 2 aromatic carbocycles. The second kappa shape index (κ2) is 10.1. The third kappa shape index (κ3) is 5.34. The molecule has 32 heavy (non-hydrogen) atoms. The molecular formula is C30H37NO. The maximum Gasteiger partial charge on any atom is 0.123 e. The lowest BCUT2D eigenvalue weighted by molar-refractivity contribution is -0.112. The van der Waals surface area contributed by atoms with E-state index in [1.807, 2.05) is 0 Å². The van der Waals surface area contributed by atoms with Crippen molar-refractivity contribution in [2.24, 2.45) is 17.8 Å². The van der Waals surface area contributed by atoms with Crippen molar-refractivity contribution >= 4 is 17.5 Å². The largest absolute Gasteiger partial charge is 0.385 e. The van der Waals surface area contributed by atoms with Crippen LogP contribution >= 0.6 is 0 Å². The predicted octanol–water partition coefficient (Wildman–Crippen LogP) is 7.90. The maximum absolute atomic E-state index is 11.1. The van der Waals surface area contributed by atoms with Crippen molar-refractivity contribution in [1.82, 2.24) is 0 Å². The summed E-state index contributed by atoms with van der Waals surface area (Å²) in [6.07, 6.45) is 15.1. The van der Waals surface area contributed by atoms with Crippen molar-refractivity contribution in [3.63, 3.8) is 0 Å². The molecule has 2 aromatic rings. The third-order valence-corrected chi connectivity index (χ3v) is 8.00. The van der Waals surface area contributed by atoms with Crippen LogP contribution in [0.3, 0.4) is 0 Å². The minimum Gasteiger partial charge on any atom is -0.385 e. The Balaban J connectivity index is 1.25. The first-order valence-electron chi connectivity index (χ1n) is 12.9. The minimum atomic E-state index is 0.311. The van der Waals surface area contributed by atoms with Crippen LogP contribution in [0.5, 0.6) is 0 Å². The molecule has 3 fully saturated rings. The molecule has 3 saturated carbocycles. The Kier molecular flexibility index (Phi) is 6.76. The lowest BCUT2D eigenvalue weighted by Crippen LogP contribution is -2.15. The van der Waals surface area contributed by atoms with Crippen LogP contribution < -0.4 is 5.32 Å². The summed E-state index contributed by atoms with van der Waals surface area (Å²) < 4.78 is 0. The highest BCUT2D eigenvalue weighted by molar-refractivity contribution is 5.75. The van der Waals surface area contributed by atoms with Crippen LogP contribution in [0.1, 0.15) is 76.2 Å². The average Bonchev–Trinajstić information content (AvgIpc) is 3.56. The SMILES string of the molecule is O=CC1CCC(CC(=C2CC2)c2ccc(-c3cccc(NCC4CCCC4)c3)cc2)CC1. The Hall–Kier alpha value is -2.35. The number of carbonyl (C=O) groups excluding carboxylic acids is 1. The smallest absolute Gasteiger partial charge is 0.123 e. The number of benzene rings is 2. The van der Waals surface area contributed by atoms with E-state index in [2.05, 4.69) is 53.8 Å².